The molecular formula is C19H29N3O4S2. The van der Waals surface area contributed by atoms with Crippen LogP contribution in [0.2, 0.25) is 0 Å². The molecule has 1 aromatic carbocycles. The number of thioether (sulfide) groups is 1. The molecule has 7 nitrogen and oxygen atoms in total. The first kappa shape index (κ1) is 21.6. The van der Waals surface area contributed by atoms with Crippen molar-refractivity contribution in [2.24, 2.45) is 0 Å². The lowest BCUT2D eigenvalue weighted by atomic mass is 10.2. The van der Waals surface area contributed by atoms with E-state index in [0.29, 0.717) is 45.0 Å². The Hall–Kier alpha value is -1.13. The molecule has 0 bridgehead atoms. The zero-order chi connectivity index (χ0) is 20.3. The first-order chi connectivity index (χ1) is 13.3. The van der Waals surface area contributed by atoms with Crippen LogP contribution in [0.5, 0.6) is 0 Å². The van der Waals surface area contributed by atoms with Crippen LogP contribution in [0.15, 0.2) is 29.2 Å². The lowest BCUT2D eigenvalue weighted by Crippen LogP contribution is -2.57. The molecule has 2 atom stereocenters. The highest BCUT2D eigenvalue weighted by Crippen LogP contribution is 2.21. The minimum Gasteiger partial charge on any atom is -0.373 e. The monoisotopic (exact) mass is 427 g/mol. The first-order valence-electron chi connectivity index (χ1n) is 9.63. The highest BCUT2D eigenvalue weighted by atomic mass is 32.2. The first-order valence-corrected chi connectivity index (χ1v) is 12.0. The van der Waals surface area contributed by atoms with Crippen LogP contribution in [0.1, 0.15) is 19.4 Å². The van der Waals surface area contributed by atoms with Crippen molar-refractivity contribution < 1.29 is 17.9 Å². The van der Waals surface area contributed by atoms with Crippen LogP contribution in [0.4, 0.5) is 0 Å². The molecule has 0 saturated carbocycles. The zero-order valence-electron chi connectivity index (χ0n) is 16.7. The van der Waals surface area contributed by atoms with Gasteiger partial charge in [0.2, 0.25) is 5.91 Å². The Bertz CT molecular complexity index is 767. The standard InChI is InChI=1S/C19H29N3O4S2/c1-15-4-6-18(7-5-15)27-14-19(23)20-8-10-21(11-9-20)28(24,25)22-12-16(2)26-17(3)13-22/h4-7,16-17H,8-14H2,1-3H3/t16-,17+. The van der Waals surface area contributed by atoms with E-state index in [1.54, 1.807) is 4.90 Å². The van der Waals surface area contributed by atoms with Crippen LogP contribution in [0, 0.1) is 6.92 Å². The van der Waals surface area contributed by atoms with Crippen molar-refractivity contribution in [1.29, 1.82) is 0 Å². The topological polar surface area (TPSA) is 70.2 Å². The largest absolute Gasteiger partial charge is 0.373 e. The second kappa shape index (κ2) is 9.13. The molecule has 156 valence electrons. The summed E-state index contributed by atoms with van der Waals surface area (Å²) in [5, 5.41) is 0. The Morgan fingerprint density at radius 1 is 1.04 bits per heavy atom. The van der Waals surface area contributed by atoms with Gasteiger partial charge in [0.05, 0.1) is 18.0 Å². The fourth-order valence-corrected chi connectivity index (χ4v) is 6.07. The summed E-state index contributed by atoms with van der Waals surface area (Å²) in [6, 6.07) is 8.10. The van der Waals surface area contributed by atoms with Gasteiger partial charge in [-0.3, -0.25) is 4.79 Å². The fourth-order valence-electron chi connectivity index (χ4n) is 3.52. The van der Waals surface area contributed by atoms with Gasteiger partial charge in [0, 0.05) is 44.2 Å². The van der Waals surface area contributed by atoms with Gasteiger partial charge in [0.15, 0.2) is 0 Å². The van der Waals surface area contributed by atoms with Crippen LogP contribution in [-0.2, 0) is 19.7 Å². The molecule has 2 heterocycles. The number of benzene rings is 1. The molecule has 0 spiro atoms. The predicted octanol–water partition coefficient (Wildman–Crippen LogP) is 1.59. The van der Waals surface area contributed by atoms with Crippen molar-refractivity contribution in [3.05, 3.63) is 29.8 Å². The van der Waals surface area contributed by atoms with E-state index < -0.39 is 10.2 Å². The number of hydrogen-bond donors (Lipinski definition) is 0. The molecule has 28 heavy (non-hydrogen) atoms. The van der Waals surface area contributed by atoms with Gasteiger partial charge in [-0.2, -0.15) is 17.0 Å². The summed E-state index contributed by atoms with van der Waals surface area (Å²) in [7, 11) is -3.52. The number of nitrogens with zero attached hydrogens (tertiary/aromatic N) is 3. The third-order valence-electron chi connectivity index (χ3n) is 5.01. The van der Waals surface area contributed by atoms with Crippen molar-refractivity contribution in [2.45, 2.75) is 37.9 Å². The van der Waals surface area contributed by atoms with Crippen LogP contribution >= 0.6 is 11.8 Å². The number of morpholine rings is 1. The van der Waals surface area contributed by atoms with Gasteiger partial charge in [0.1, 0.15) is 0 Å². The van der Waals surface area contributed by atoms with E-state index in [-0.39, 0.29) is 18.1 Å². The summed E-state index contributed by atoms with van der Waals surface area (Å²) < 4.78 is 34.5. The van der Waals surface area contributed by atoms with E-state index in [1.807, 2.05) is 45.0 Å². The molecule has 3 rings (SSSR count). The van der Waals surface area contributed by atoms with Gasteiger partial charge in [-0.1, -0.05) is 17.7 Å². The van der Waals surface area contributed by atoms with Crippen molar-refractivity contribution >= 4 is 27.9 Å². The number of carbonyl (C=O) groups excluding carboxylic acids is 1. The Balaban J connectivity index is 1.50. The molecular weight excluding hydrogens is 398 g/mol. The lowest BCUT2D eigenvalue weighted by Gasteiger charge is -2.40. The molecule has 0 unspecified atom stereocenters. The summed E-state index contributed by atoms with van der Waals surface area (Å²) >= 11 is 1.52. The Kier molecular flexibility index (Phi) is 7.03. The molecule has 2 fully saturated rings. The molecule has 2 aliphatic rings. The van der Waals surface area contributed by atoms with E-state index in [2.05, 4.69) is 0 Å². The van der Waals surface area contributed by atoms with Gasteiger partial charge in [-0.25, -0.2) is 0 Å². The number of amides is 1. The van der Waals surface area contributed by atoms with E-state index in [4.69, 9.17) is 4.74 Å². The van der Waals surface area contributed by atoms with Crippen LogP contribution in [-0.4, -0.2) is 85.1 Å². The quantitative estimate of drug-likeness (QED) is 0.668. The Labute approximate surface area is 172 Å². The van der Waals surface area contributed by atoms with Gasteiger partial charge in [-0.15, -0.1) is 11.8 Å². The second-order valence-corrected chi connectivity index (χ2v) is 10.4. The summed E-state index contributed by atoms with van der Waals surface area (Å²) in [5.74, 6) is 0.421. The zero-order valence-corrected chi connectivity index (χ0v) is 18.3. The SMILES string of the molecule is Cc1ccc(SCC(=O)N2CCN(S(=O)(=O)N3C[C@@H](C)O[C@@H](C)C3)CC2)cc1. The number of aryl methyl sites for hydroxylation is 1. The second-order valence-electron chi connectivity index (χ2n) is 7.46. The van der Waals surface area contributed by atoms with Gasteiger partial charge >= 0.3 is 0 Å². The molecule has 0 aliphatic carbocycles. The van der Waals surface area contributed by atoms with Crippen LogP contribution in [0.25, 0.3) is 0 Å². The summed E-state index contributed by atoms with van der Waals surface area (Å²) in [4.78, 5) is 15.3. The Morgan fingerprint density at radius 3 is 2.18 bits per heavy atom. The smallest absolute Gasteiger partial charge is 0.282 e. The van der Waals surface area contributed by atoms with E-state index in [1.165, 1.54) is 25.9 Å². The molecule has 9 heteroatoms. The number of piperazine rings is 1. The average molecular weight is 428 g/mol. The van der Waals surface area contributed by atoms with E-state index in [9.17, 15) is 13.2 Å². The summed E-state index contributed by atoms with van der Waals surface area (Å²) in [6.45, 7) is 8.10. The van der Waals surface area contributed by atoms with Gasteiger partial charge in [-0.05, 0) is 32.9 Å². The van der Waals surface area contributed by atoms with E-state index in [0.717, 1.165) is 4.90 Å². The molecule has 0 N–H and O–H groups in total. The summed E-state index contributed by atoms with van der Waals surface area (Å²) in [6.07, 6.45) is -0.222. The van der Waals surface area contributed by atoms with Crippen molar-refractivity contribution in [3.63, 3.8) is 0 Å². The minimum atomic E-state index is -3.52. The van der Waals surface area contributed by atoms with Crippen molar-refractivity contribution in [1.82, 2.24) is 13.5 Å². The normalized spacial score (nSPS) is 25.0. The summed E-state index contributed by atoms with van der Waals surface area (Å²) in [5.41, 5.74) is 1.19. The lowest BCUT2D eigenvalue weighted by molar-refractivity contribution is -0.129. The number of ether oxygens (including phenoxy) is 1. The third kappa shape index (κ3) is 5.27. The van der Waals surface area contributed by atoms with Gasteiger partial charge in [0.25, 0.3) is 10.2 Å². The average Bonchev–Trinajstić information content (AvgIpc) is 2.66. The third-order valence-corrected chi connectivity index (χ3v) is 7.98. The van der Waals surface area contributed by atoms with Crippen molar-refractivity contribution in [3.8, 4) is 0 Å². The molecule has 2 aliphatic heterocycles. The predicted molar refractivity (Wildman–Crippen MR) is 111 cm³/mol. The van der Waals surface area contributed by atoms with E-state index >= 15 is 0 Å². The maximum atomic E-state index is 12.9. The molecule has 1 amide bonds. The number of carbonyl (C=O) groups is 1. The van der Waals surface area contributed by atoms with Crippen molar-refractivity contribution in [2.75, 3.05) is 45.0 Å². The van der Waals surface area contributed by atoms with Crippen LogP contribution in [0.3, 0.4) is 0 Å². The Morgan fingerprint density at radius 2 is 1.61 bits per heavy atom. The number of hydrogen-bond acceptors (Lipinski definition) is 5. The minimum absolute atomic E-state index is 0.0521. The molecule has 0 radical (unpaired) electrons. The maximum Gasteiger partial charge on any atom is 0.282 e. The van der Waals surface area contributed by atoms with Gasteiger partial charge < -0.3 is 9.64 Å². The fraction of sp³-hybridized carbons (Fsp3) is 0.632. The number of rotatable bonds is 5. The maximum absolute atomic E-state index is 12.9. The molecule has 2 saturated heterocycles. The van der Waals surface area contributed by atoms with Crippen LogP contribution < -0.4 is 0 Å². The highest BCUT2D eigenvalue weighted by Gasteiger charge is 2.37. The molecule has 0 aromatic heterocycles. The molecule has 1 aromatic rings. The highest BCUT2D eigenvalue weighted by molar-refractivity contribution is 8.00.